The van der Waals surface area contributed by atoms with Crippen molar-refractivity contribution in [3.63, 3.8) is 0 Å². The van der Waals surface area contributed by atoms with Crippen molar-refractivity contribution in [2.45, 2.75) is 226 Å². The van der Waals surface area contributed by atoms with Crippen LogP contribution in [0.3, 0.4) is 0 Å². The Morgan fingerprint density at radius 1 is 0.514 bits per heavy atom. The first kappa shape index (κ1) is 91.8. The Labute approximate surface area is 656 Å². The van der Waals surface area contributed by atoms with Crippen LogP contribution in [0.15, 0.2) is 91.0 Å². The number of carbonyl (C=O) groups is 14. The summed E-state index contributed by atoms with van der Waals surface area (Å²) in [6.07, 6.45) is 0.158. The number of hydrogen-bond donors (Lipinski definition) is 6. The molecular formula is C82H124N14O15. The molecule has 14 amide bonds. The number of aliphatic hydroxyl groups excluding tert-OH is 1. The van der Waals surface area contributed by atoms with E-state index in [9.17, 15) is 38.7 Å². The molecule has 0 spiro atoms. The second-order valence-corrected chi connectivity index (χ2v) is 31.4. The number of amides is 14. The molecule has 2 heterocycles. The first-order valence-electron chi connectivity index (χ1n) is 38.9. The molecule has 111 heavy (non-hydrogen) atoms. The smallest absolute Gasteiger partial charge is 0.248 e. The minimum absolute atomic E-state index is 0.0675. The van der Waals surface area contributed by atoms with Gasteiger partial charge in [0, 0.05) is 88.7 Å². The van der Waals surface area contributed by atoms with Gasteiger partial charge in [-0.15, -0.1) is 0 Å². The zero-order valence-corrected chi connectivity index (χ0v) is 68.9. The Morgan fingerprint density at radius 3 is 1.51 bits per heavy atom. The van der Waals surface area contributed by atoms with Crippen LogP contribution in [-0.2, 0) is 86.4 Å². The summed E-state index contributed by atoms with van der Waals surface area (Å²) in [4.78, 5) is 220. The highest BCUT2D eigenvalue weighted by Crippen LogP contribution is 2.25. The maximum absolute atomic E-state index is 15.7. The summed E-state index contributed by atoms with van der Waals surface area (Å²) in [5.74, 6) is -12.5. The van der Waals surface area contributed by atoms with Gasteiger partial charge in [-0.05, 0) is 100 Å². The normalized spacial score (nSPS) is 24.4. The van der Waals surface area contributed by atoms with Crippen molar-refractivity contribution in [1.82, 2.24) is 70.7 Å². The number of aliphatic hydroxyl groups is 1. The zero-order valence-electron chi connectivity index (χ0n) is 68.9. The molecule has 6 N–H and O–H groups in total. The molecule has 2 aliphatic heterocycles. The van der Waals surface area contributed by atoms with Gasteiger partial charge in [-0.1, -0.05) is 153 Å². The van der Waals surface area contributed by atoms with Crippen LogP contribution >= 0.6 is 0 Å². The monoisotopic (exact) mass is 1540 g/mol. The van der Waals surface area contributed by atoms with E-state index in [1.807, 2.05) is 27.7 Å². The molecule has 0 unspecified atom stereocenters. The van der Waals surface area contributed by atoms with Crippen LogP contribution < -0.4 is 26.6 Å². The number of nitrogens with zero attached hydrogens (tertiary/aromatic N) is 9. The van der Waals surface area contributed by atoms with E-state index in [1.54, 1.807) is 131 Å². The van der Waals surface area contributed by atoms with Crippen LogP contribution in [0.1, 0.15) is 145 Å². The Hall–Kier alpha value is -9.80. The van der Waals surface area contributed by atoms with Crippen LogP contribution in [0.5, 0.6) is 0 Å². The first-order chi connectivity index (χ1) is 52.1. The molecule has 0 bridgehead atoms. The topological polar surface area (TPSA) is 349 Å². The lowest BCUT2D eigenvalue weighted by molar-refractivity contribution is -0.152. The van der Waals surface area contributed by atoms with Gasteiger partial charge in [0.25, 0.3) is 0 Å². The van der Waals surface area contributed by atoms with Gasteiger partial charge in [0.2, 0.25) is 82.7 Å². The molecule has 2 saturated heterocycles. The van der Waals surface area contributed by atoms with E-state index in [0.717, 1.165) is 43.8 Å². The molecule has 2 aliphatic rings. The zero-order chi connectivity index (χ0) is 83.2. The summed E-state index contributed by atoms with van der Waals surface area (Å²) < 4.78 is 0. The molecule has 2 fully saturated rings. The number of benzene rings is 3. The molecular weight excluding hydrogens is 1420 g/mol. The molecule has 29 heteroatoms. The fraction of sp³-hybridized carbons (Fsp3) is 0.610. The molecule has 14 atom stereocenters. The predicted molar refractivity (Wildman–Crippen MR) is 421 cm³/mol. The highest BCUT2D eigenvalue weighted by atomic mass is 16.3. The summed E-state index contributed by atoms with van der Waals surface area (Å²) in [5, 5.41) is 25.1. The van der Waals surface area contributed by atoms with Crippen LogP contribution in [0.25, 0.3) is 0 Å². The second kappa shape index (κ2) is 42.6. The number of nitrogens with one attached hydrogen (secondary N) is 5. The van der Waals surface area contributed by atoms with Gasteiger partial charge in [-0.2, -0.15) is 0 Å². The van der Waals surface area contributed by atoms with Crippen molar-refractivity contribution in [1.29, 1.82) is 0 Å². The molecule has 5 rings (SSSR count). The fourth-order valence-electron chi connectivity index (χ4n) is 13.9. The van der Waals surface area contributed by atoms with Gasteiger partial charge in [-0.25, -0.2) is 0 Å². The fourth-order valence-corrected chi connectivity index (χ4v) is 13.9. The van der Waals surface area contributed by atoms with Gasteiger partial charge in [0.1, 0.15) is 72.5 Å². The largest absolute Gasteiger partial charge is 0.391 e. The van der Waals surface area contributed by atoms with Crippen molar-refractivity contribution in [3.05, 3.63) is 108 Å². The lowest BCUT2D eigenvalue weighted by atomic mass is 9.94. The van der Waals surface area contributed by atoms with Crippen LogP contribution in [0, 0.1) is 23.7 Å². The maximum Gasteiger partial charge on any atom is 0.248 e. The van der Waals surface area contributed by atoms with Crippen LogP contribution in [-0.4, -0.2) is 287 Å². The van der Waals surface area contributed by atoms with E-state index in [4.69, 9.17) is 0 Å². The molecule has 0 radical (unpaired) electrons. The third-order valence-corrected chi connectivity index (χ3v) is 21.6. The molecule has 612 valence electrons. The highest BCUT2D eigenvalue weighted by Gasteiger charge is 2.45. The number of likely N-dealkylation sites (N-methyl/N-ethyl adjacent to an activating group) is 8. The average molecular weight is 1550 g/mol. The molecule has 0 saturated carbocycles. The number of rotatable bonds is 19. The molecule has 29 nitrogen and oxygen atoms in total. The van der Waals surface area contributed by atoms with E-state index >= 15 is 33.6 Å². The standard InChI is InChI=1S/C82H124N14O15/c1-21-52(8)68-81(110)94(19)65(43-50(4)5)79(108)93(18)62(42-49(2)3)74(103)84-60(44-57-34-26-22-27-35-57)78(107)95(20)70(51(6)7)82(111)90(15)55(11)72(101)87-69(56(12)97)80(109)88(13)48-67(99)91(16)63(45-58-36-28-23-29-37-58)75(104)85-61(47-66(98)89(14)54(10)71(100)86-68)77(106)92(17)64(46-59-38-30-24-31-39-59)73(102)83-53(9)76(105)96-40-32-25-33-41-96/h22-24,26-31,34-39,49-56,60-65,68-70,97H,21,25,32-33,40-48H2,1-20H3,(H,83,102)(H,84,103)(H,85,104)(H,86,100)(H,87,101)/t52-,53-,54-,55-,56+,60-,61-,62-,63-,64-,65-,68-,69-,70-/m0/s1. The van der Waals surface area contributed by atoms with Crippen molar-refractivity contribution < 1.29 is 72.2 Å². The lowest BCUT2D eigenvalue weighted by Crippen LogP contribution is -2.62. The first-order valence-corrected chi connectivity index (χ1v) is 38.9. The number of likely N-dealkylation sites (tertiary alicyclic amines) is 1. The van der Waals surface area contributed by atoms with Crippen molar-refractivity contribution in [2.75, 3.05) is 76.0 Å². The molecule has 0 aromatic heterocycles. The van der Waals surface area contributed by atoms with Gasteiger partial charge in [-0.3, -0.25) is 67.1 Å². The minimum atomic E-state index is -1.87. The highest BCUT2D eigenvalue weighted by molar-refractivity contribution is 6.01. The van der Waals surface area contributed by atoms with Gasteiger partial charge in [0.15, 0.2) is 0 Å². The minimum Gasteiger partial charge on any atom is -0.391 e. The van der Waals surface area contributed by atoms with Gasteiger partial charge in [0.05, 0.1) is 19.1 Å². The quantitative estimate of drug-likeness (QED) is 0.100. The van der Waals surface area contributed by atoms with Gasteiger partial charge >= 0.3 is 0 Å². The number of carbonyl (C=O) groups excluding carboxylic acids is 14. The van der Waals surface area contributed by atoms with Gasteiger partial charge < -0.3 is 75.8 Å². The van der Waals surface area contributed by atoms with E-state index in [1.165, 1.54) is 91.9 Å². The molecule has 3 aromatic rings. The SMILES string of the molecule is CC[C@H](C)[C@@H]1NC(=O)[C@H](C)N(C)C(=O)C[C@@H](C(=O)N(C)[C@@H](Cc2ccccc2)C(=O)N[C@@H](C)C(=O)N2CCCCC2)NC(=O)[C@H](Cc2ccccc2)N(C)C(=O)CN(C)C(=O)[C@H]([C@@H](C)O)NC(=O)[C@H](C)N(C)C(=O)[C@H](C(C)C)N(C)C(=O)[C@H](Cc2ccccc2)NC(=O)[C@H](CC(C)C)N(C)C(=O)[C@H](CC(C)C)N(C)C1=O. The van der Waals surface area contributed by atoms with E-state index < -0.39 is 180 Å². The number of piperidine rings is 1. The van der Waals surface area contributed by atoms with Crippen molar-refractivity contribution in [2.24, 2.45) is 23.7 Å². The third kappa shape index (κ3) is 25.1. The summed E-state index contributed by atoms with van der Waals surface area (Å²) in [5.41, 5.74) is 1.77. The summed E-state index contributed by atoms with van der Waals surface area (Å²) in [7, 11) is 10.7. The summed E-state index contributed by atoms with van der Waals surface area (Å²) >= 11 is 0. The lowest BCUT2D eigenvalue weighted by Gasteiger charge is -2.39. The predicted octanol–water partition coefficient (Wildman–Crippen LogP) is 3.04. The summed E-state index contributed by atoms with van der Waals surface area (Å²) in [6, 6.07) is 9.31. The van der Waals surface area contributed by atoms with E-state index in [-0.39, 0.29) is 49.8 Å². The van der Waals surface area contributed by atoms with Crippen LogP contribution in [0.4, 0.5) is 0 Å². The number of hydrogen-bond acceptors (Lipinski definition) is 15. The molecule has 0 aliphatic carbocycles. The Morgan fingerprint density at radius 2 is 1.00 bits per heavy atom. The van der Waals surface area contributed by atoms with Crippen molar-refractivity contribution >= 4 is 82.7 Å². The summed E-state index contributed by atoms with van der Waals surface area (Å²) in [6.45, 7) is 20.2. The Kier molecular flexibility index (Phi) is 35.2. The Bertz CT molecular complexity index is 3690. The average Bonchev–Trinajstić information content (AvgIpc) is 0.814. The van der Waals surface area contributed by atoms with Crippen LogP contribution in [0.2, 0.25) is 0 Å². The second-order valence-electron chi connectivity index (χ2n) is 31.4. The maximum atomic E-state index is 15.7. The molecule has 3 aromatic carbocycles. The van der Waals surface area contributed by atoms with E-state index in [2.05, 4.69) is 26.6 Å². The van der Waals surface area contributed by atoms with Crippen molar-refractivity contribution in [3.8, 4) is 0 Å². The third-order valence-electron chi connectivity index (χ3n) is 21.6. The van der Waals surface area contributed by atoms with E-state index in [0.29, 0.717) is 36.2 Å². The Balaban J connectivity index is 1.70.